The van der Waals surface area contributed by atoms with Crippen LogP contribution in [0, 0.1) is 11.8 Å². The van der Waals surface area contributed by atoms with Gasteiger partial charge in [-0.25, -0.2) is 4.79 Å². The molecule has 1 heterocycles. The van der Waals surface area contributed by atoms with Crippen LogP contribution in [0.25, 0.3) is 10.9 Å². The number of rotatable bonds is 24. The third kappa shape index (κ3) is 14.0. The van der Waals surface area contributed by atoms with Crippen LogP contribution in [0.4, 0.5) is 0 Å². The van der Waals surface area contributed by atoms with Gasteiger partial charge in [-0.05, 0) is 77.0 Å². The summed E-state index contributed by atoms with van der Waals surface area (Å²) < 4.78 is 0. The zero-order chi connectivity index (χ0) is 50.4. The Balaban J connectivity index is 1.35. The lowest BCUT2D eigenvalue weighted by molar-refractivity contribution is -0.142. The molecule has 0 saturated carbocycles. The Hall–Kier alpha value is -6.69. The van der Waals surface area contributed by atoms with Crippen molar-refractivity contribution in [3.8, 4) is 0 Å². The van der Waals surface area contributed by atoms with Gasteiger partial charge in [-0.1, -0.05) is 107 Å². The lowest BCUT2D eigenvalue weighted by Gasteiger charge is -2.31. The quantitative estimate of drug-likeness (QED) is 0.0485. The molecule has 0 spiro atoms. The number of aromatic amines is 1. The first-order valence-electron chi connectivity index (χ1n) is 23.4. The van der Waals surface area contributed by atoms with Crippen molar-refractivity contribution in [2.75, 3.05) is 12.0 Å². The van der Waals surface area contributed by atoms with Crippen LogP contribution in [-0.4, -0.2) is 111 Å². The highest BCUT2D eigenvalue weighted by molar-refractivity contribution is 7.98. The number of aromatic nitrogens is 1. The summed E-state index contributed by atoms with van der Waals surface area (Å²) in [7, 11) is 0. The van der Waals surface area contributed by atoms with Crippen LogP contribution in [-0.2, 0) is 57.6 Å². The van der Waals surface area contributed by atoms with Gasteiger partial charge in [0.2, 0.25) is 35.4 Å². The van der Waals surface area contributed by atoms with E-state index in [9.17, 15) is 48.6 Å². The topological polar surface area (TPSA) is 265 Å². The normalized spacial score (nSPS) is 15.7. The van der Waals surface area contributed by atoms with Gasteiger partial charge in [0.25, 0.3) is 0 Å². The summed E-state index contributed by atoms with van der Waals surface area (Å²) >= 11 is 1.40. The SMILES string of the molecule is CC[C@H](C)[C@H](NC(=O)[C@H](CC(=O)O)NC(=O)[C@H](CCSC)NC(=O)[C@H](NC(C)=O)C1c2ccccc2CCc2ccccc21)C(=O)N[C@H](C(=O)N[C@@H](Cc1c[nH]c2ccccc12)C(=O)O)[C@@H](C)CC. The van der Waals surface area contributed by atoms with Gasteiger partial charge in [0.05, 0.1) is 6.42 Å². The van der Waals surface area contributed by atoms with E-state index in [1.54, 1.807) is 33.9 Å². The van der Waals surface area contributed by atoms with Crippen LogP contribution < -0.4 is 31.9 Å². The number of carbonyl (C=O) groups excluding carboxylic acids is 6. The van der Waals surface area contributed by atoms with Crippen LogP contribution in [0.1, 0.15) is 94.0 Å². The molecule has 1 aromatic heterocycles. The second-order valence-corrected chi connectivity index (χ2v) is 18.7. The molecule has 0 radical (unpaired) electrons. The van der Waals surface area contributed by atoms with E-state index in [0.717, 1.165) is 33.2 Å². The highest BCUT2D eigenvalue weighted by Crippen LogP contribution is 2.37. The number of aryl methyl sites for hydroxylation is 2. The number of amides is 6. The minimum absolute atomic E-state index is 0.0459. The van der Waals surface area contributed by atoms with Crippen LogP contribution in [0.5, 0.6) is 0 Å². The van der Waals surface area contributed by atoms with Crippen molar-refractivity contribution in [2.45, 2.75) is 122 Å². The Morgan fingerprint density at radius 2 is 1.16 bits per heavy atom. The highest BCUT2D eigenvalue weighted by atomic mass is 32.2. The van der Waals surface area contributed by atoms with Crippen molar-refractivity contribution < 1.29 is 48.6 Å². The summed E-state index contributed by atoms with van der Waals surface area (Å²) in [5.41, 5.74) is 5.18. The summed E-state index contributed by atoms with van der Waals surface area (Å²) in [6.45, 7) is 8.27. The van der Waals surface area contributed by atoms with E-state index in [1.165, 1.54) is 18.7 Å². The van der Waals surface area contributed by atoms with Crippen LogP contribution in [0.15, 0.2) is 79.0 Å². The molecule has 18 heteroatoms. The van der Waals surface area contributed by atoms with Gasteiger partial charge in [0, 0.05) is 36.4 Å². The van der Waals surface area contributed by atoms with E-state index >= 15 is 0 Å². The summed E-state index contributed by atoms with van der Waals surface area (Å²) in [5.74, 6) is -8.55. The number of nitrogens with one attached hydrogen (secondary N) is 7. The van der Waals surface area contributed by atoms with Crippen molar-refractivity contribution in [2.24, 2.45) is 11.8 Å². The van der Waals surface area contributed by atoms with Crippen molar-refractivity contribution >= 4 is 70.0 Å². The van der Waals surface area contributed by atoms with Crippen molar-refractivity contribution in [1.82, 2.24) is 36.9 Å². The monoisotopic (exact) mass is 967 g/mol. The molecule has 0 fully saturated rings. The zero-order valence-corrected chi connectivity index (χ0v) is 40.7. The predicted molar refractivity (Wildman–Crippen MR) is 263 cm³/mol. The largest absolute Gasteiger partial charge is 0.481 e. The second kappa shape index (κ2) is 25.1. The highest BCUT2D eigenvalue weighted by Gasteiger charge is 2.39. The minimum atomic E-state index is -1.72. The van der Waals surface area contributed by atoms with Gasteiger partial charge in [0.15, 0.2) is 0 Å². The fourth-order valence-electron chi connectivity index (χ4n) is 8.75. The number of para-hydroxylation sites is 1. The molecular weight excluding hydrogens is 903 g/mol. The smallest absolute Gasteiger partial charge is 0.326 e. The Kier molecular flexibility index (Phi) is 19.4. The number of carbonyl (C=O) groups is 8. The maximum absolute atomic E-state index is 14.5. The van der Waals surface area contributed by atoms with E-state index in [0.29, 0.717) is 37.0 Å². The number of carboxylic acids is 2. The first-order valence-corrected chi connectivity index (χ1v) is 24.8. The number of benzene rings is 3. The van der Waals surface area contributed by atoms with Gasteiger partial charge < -0.3 is 47.1 Å². The number of hydrogen-bond acceptors (Lipinski definition) is 9. The van der Waals surface area contributed by atoms with Crippen molar-refractivity contribution in [3.05, 3.63) is 107 Å². The van der Waals surface area contributed by atoms with Crippen LogP contribution in [0.3, 0.4) is 0 Å². The molecule has 8 atom stereocenters. The third-order valence-electron chi connectivity index (χ3n) is 13.0. The summed E-state index contributed by atoms with van der Waals surface area (Å²) in [6, 6.07) is 14.6. The molecular formula is C51H65N7O10S. The molecule has 0 saturated heterocycles. The Morgan fingerprint density at radius 3 is 1.71 bits per heavy atom. The molecule has 5 rings (SSSR count). The molecule has 1 aliphatic rings. The van der Waals surface area contributed by atoms with Gasteiger partial charge in [-0.15, -0.1) is 0 Å². The first-order chi connectivity index (χ1) is 33.0. The van der Waals surface area contributed by atoms with Crippen LogP contribution >= 0.6 is 11.8 Å². The third-order valence-corrected chi connectivity index (χ3v) is 13.6. The number of hydrogen-bond donors (Lipinski definition) is 9. The average molecular weight is 968 g/mol. The molecule has 370 valence electrons. The van der Waals surface area contributed by atoms with E-state index in [4.69, 9.17) is 0 Å². The van der Waals surface area contributed by atoms with Gasteiger partial charge in [-0.2, -0.15) is 11.8 Å². The van der Waals surface area contributed by atoms with Gasteiger partial charge in [0.1, 0.15) is 36.3 Å². The molecule has 0 aliphatic heterocycles. The van der Waals surface area contributed by atoms with E-state index in [2.05, 4.69) is 36.9 Å². The van der Waals surface area contributed by atoms with E-state index < -0.39 is 108 Å². The fourth-order valence-corrected chi connectivity index (χ4v) is 9.22. The molecule has 0 bridgehead atoms. The standard InChI is InChI=1S/C51H65N7O10S/c1-7-28(3)43(48(64)56-40(51(67)68)25-33-27-52-37-20-14-13-17-34(33)37)58-49(65)44(29(4)8-2)57-47(63)39(26-41(60)61)55-46(62)38(23-24-69-6)54-50(66)45(53-30(5)59)42-35-18-11-9-15-31(35)21-22-32-16-10-12-19-36(32)42/h9-20,27-29,38-40,42-45,52H,7-8,21-26H2,1-6H3,(H,53,59)(H,54,66)(H,55,62)(H,56,64)(H,57,63)(H,58,65)(H,60,61)(H,67,68)/t28-,29-,38-,39-,40-,43-,44-,45+/m0/s1. The maximum Gasteiger partial charge on any atom is 0.326 e. The lowest BCUT2D eigenvalue weighted by Crippen LogP contribution is -2.61. The zero-order valence-electron chi connectivity index (χ0n) is 39.9. The molecule has 0 unspecified atom stereocenters. The summed E-state index contributed by atoms with van der Waals surface area (Å²) in [4.78, 5) is 112. The number of thioether (sulfide) groups is 1. The molecule has 69 heavy (non-hydrogen) atoms. The van der Waals surface area contributed by atoms with E-state index in [1.807, 2.05) is 79.1 Å². The van der Waals surface area contributed by atoms with E-state index in [-0.39, 0.29) is 12.8 Å². The number of carboxylic acid groups (broad SMARTS) is 2. The maximum atomic E-state index is 14.5. The number of H-pyrrole nitrogens is 1. The molecule has 3 aromatic carbocycles. The predicted octanol–water partition coefficient (Wildman–Crippen LogP) is 3.97. The molecule has 17 nitrogen and oxygen atoms in total. The first kappa shape index (κ1) is 53.3. The molecule has 9 N–H and O–H groups in total. The van der Waals surface area contributed by atoms with Crippen molar-refractivity contribution in [3.63, 3.8) is 0 Å². The van der Waals surface area contributed by atoms with Gasteiger partial charge >= 0.3 is 11.9 Å². The Morgan fingerprint density at radius 1 is 0.652 bits per heavy atom. The number of fused-ring (bicyclic) bond motifs is 3. The summed E-state index contributed by atoms with van der Waals surface area (Å²) in [6.07, 6.45) is 4.81. The summed E-state index contributed by atoms with van der Waals surface area (Å²) in [5, 5.41) is 37.0. The Labute approximate surface area is 406 Å². The Bertz CT molecular complexity index is 2450. The van der Waals surface area contributed by atoms with Crippen LogP contribution in [0.2, 0.25) is 0 Å². The fraction of sp³-hybridized carbons (Fsp3) is 0.451. The lowest BCUT2D eigenvalue weighted by atomic mass is 9.82. The molecule has 6 amide bonds. The van der Waals surface area contributed by atoms with Crippen molar-refractivity contribution in [1.29, 1.82) is 0 Å². The minimum Gasteiger partial charge on any atom is -0.481 e. The average Bonchev–Trinajstić information content (AvgIpc) is 3.66. The molecule has 4 aromatic rings. The second-order valence-electron chi connectivity index (χ2n) is 17.8. The molecule has 1 aliphatic carbocycles. The number of aliphatic carboxylic acids is 2. The van der Waals surface area contributed by atoms with Gasteiger partial charge in [-0.3, -0.25) is 33.6 Å².